The zero-order chi connectivity index (χ0) is 13.4. The Morgan fingerprint density at radius 2 is 1.95 bits per heavy atom. The lowest BCUT2D eigenvalue weighted by Gasteiger charge is -2.21. The van der Waals surface area contributed by atoms with Crippen molar-refractivity contribution in [3.05, 3.63) is 24.4 Å². The molecule has 0 aliphatic heterocycles. The summed E-state index contributed by atoms with van der Waals surface area (Å²) in [6.45, 7) is 0.870. The third-order valence-electron chi connectivity index (χ3n) is 4.63. The minimum atomic E-state index is 0.604. The van der Waals surface area contributed by atoms with Gasteiger partial charge < -0.3 is 4.74 Å². The van der Waals surface area contributed by atoms with Crippen molar-refractivity contribution in [2.24, 2.45) is 5.92 Å². The molecule has 2 saturated carbocycles. The lowest BCUT2D eigenvalue weighted by molar-refractivity contribution is 0.300. The van der Waals surface area contributed by atoms with Crippen molar-refractivity contribution in [2.45, 2.75) is 51.0 Å². The van der Waals surface area contributed by atoms with E-state index in [2.05, 4.69) is 29.1 Å². The van der Waals surface area contributed by atoms with E-state index in [0.717, 1.165) is 23.8 Å². The number of rotatable bonds is 4. The molecular formula is C17H22N2O. The number of benzene rings is 1. The van der Waals surface area contributed by atoms with Crippen molar-refractivity contribution >= 4 is 10.9 Å². The molecule has 0 amide bonds. The third kappa shape index (κ3) is 2.54. The molecule has 106 valence electrons. The van der Waals surface area contributed by atoms with Crippen LogP contribution in [0.15, 0.2) is 24.4 Å². The highest BCUT2D eigenvalue weighted by molar-refractivity contribution is 5.79. The molecule has 2 fully saturated rings. The number of ether oxygens (including phenoxy) is 1. The zero-order valence-electron chi connectivity index (χ0n) is 11.9. The van der Waals surface area contributed by atoms with Gasteiger partial charge in [0.2, 0.25) is 0 Å². The Labute approximate surface area is 119 Å². The van der Waals surface area contributed by atoms with Crippen LogP contribution in [-0.4, -0.2) is 16.4 Å². The highest BCUT2D eigenvalue weighted by Gasteiger charge is 2.22. The molecule has 2 aliphatic rings. The van der Waals surface area contributed by atoms with Crippen LogP contribution in [0.2, 0.25) is 0 Å². The maximum absolute atomic E-state index is 5.84. The molecule has 20 heavy (non-hydrogen) atoms. The maximum Gasteiger partial charge on any atom is 0.121 e. The highest BCUT2D eigenvalue weighted by Crippen LogP contribution is 2.31. The molecule has 0 bridgehead atoms. The van der Waals surface area contributed by atoms with Crippen molar-refractivity contribution in [3.63, 3.8) is 0 Å². The van der Waals surface area contributed by atoms with Gasteiger partial charge in [-0.2, -0.15) is 5.10 Å². The molecule has 0 N–H and O–H groups in total. The average molecular weight is 270 g/mol. The largest absolute Gasteiger partial charge is 0.493 e. The molecule has 1 aromatic carbocycles. The van der Waals surface area contributed by atoms with E-state index in [0.29, 0.717) is 6.04 Å². The lowest BCUT2D eigenvalue weighted by atomic mass is 9.96. The van der Waals surface area contributed by atoms with Crippen LogP contribution in [0.4, 0.5) is 0 Å². The van der Waals surface area contributed by atoms with Gasteiger partial charge in [0.15, 0.2) is 0 Å². The van der Waals surface area contributed by atoms with Crippen LogP contribution in [0.1, 0.15) is 51.0 Å². The summed E-state index contributed by atoms with van der Waals surface area (Å²) in [5.74, 6) is 1.77. The summed E-state index contributed by atoms with van der Waals surface area (Å²) in [6, 6.07) is 6.92. The summed E-state index contributed by atoms with van der Waals surface area (Å²) in [5, 5.41) is 6.01. The molecule has 1 aromatic heterocycles. The summed E-state index contributed by atoms with van der Waals surface area (Å²) >= 11 is 0. The molecule has 0 unspecified atom stereocenters. The van der Waals surface area contributed by atoms with Crippen LogP contribution in [0.5, 0.6) is 5.75 Å². The van der Waals surface area contributed by atoms with Crippen molar-refractivity contribution < 1.29 is 4.74 Å². The Hall–Kier alpha value is -1.51. The number of fused-ring (bicyclic) bond motifs is 1. The average Bonchev–Trinajstić information content (AvgIpc) is 3.23. The quantitative estimate of drug-likeness (QED) is 0.826. The first kappa shape index (κ1) is 12.2. The molecule has 2 aliphatic carbocycles. The maximum atomic E-state index is 5.84. The van der Waals surface area contributed by atoms with E-state index >= 15 is 0 Å². The summed E-state index contributed by atoms with van der Waals surface area (Å²) < 4.78 is 8.03. The summed E-state index contributed by atoms with van der Waals surface area (Å²) in [4.78, 5) is 0. The SMILES string of the molecule is c1cc2cn(C3CCCCC3)nc2cc1OCC1CC1. The first-order valence-electron chi connectivity index (χ1n) is 8.00. The van der Waals surface area contributed by atoms with Gasteiger partial charge in [-0.25, -0.2) is 0 Å². The number of aromatic nitrogens is 2. The topological polar surface area (TPSA) is 27.1 Å². The second-order valence-electron chi connectivity index (χ2n) is 6.38. The summed E-state index contributed by atoms with van der Waals surface area (Å²) in [6.07, 6.45) is 11.5. The molecule has 0 spiro atoms. The highest BCUT2D eigenvalue weighted by atomic mass is 16.5. The van der Waals surface area contributed by atoms with Crippen LogP contribution in [0.3, 0.4) is 0 Å². The van der Waals surface area contributed by atoms with Crippen LogP contribution < -0.4 is 4.74 Å². The van der Waals surface area contributed by atoms with Gasteiger partial charge in [0.25, 0.3) is 0 Å². The standard InChI is InChI=1S/C17H22N2O/c1-2-4-15(5-3-1)19-11-14-8-9-16(10-17(14)18-19)20-12-13-6-7-13/h8-11,13,15H,1-7,12H2. The predicted molar refractivity (Wildman–Crippen MR) is 80.1 cm³/mol. The second kappa shape index (κ2) is 5.12. The fraction of sp³-hybridized carbons (Fsp3) is 0.588. The molecule has 3 nitrogen and oxygen atoms in total. The van der Waals surface area contributed by atoms with Crippen LogP contribution in [-0.2, 0) is 0 Å². The Bertz CT molecular complexity index is 594. The Kier molecular flexibility index (Phi) is 3.13. The smallest absolute Gasteiger partial charge is 0.121 e. The monoisotopic (exact) mass is 270 g/mol. The van der Waals surface area contributed by atoms with Crippen molar-refractivity contribution in [1.82, 2.24) is 9.78 Å². The first-order chi connectivity index (χ1) is 9.88. The first-order valence-corrected chi connectivity index (χ1v) is 8.00. The molecule has 3 heteroatoms. The minimum absolute atomic E-state index is 0.604. The van der Waals surface area contributed by atoms with Gasteiger partial charge in [0, 0.05) is 17.6 Å². The molecule has 0 saturated heterocycles. The van der Waals surface area contributed by atoms with Crippen molar-refractivity contribution in [1.29, 1.82) is 0 Å². The van der Waals surface area contributed by atoms with Gasteiger partial charge in [-0.15, -0.1) is 0 Å². The molecule has 1 heterocycles. The Morgan fingerprint density at radius 3 is 2.75 bits per heavy atom. The van der Waals surface area contributed by atoms with Gasteiger partial charge in [-0.3, -0.25) is 4.68 Å². The Morgan fingerprint density at radius 1 is 1.10 bits per heavy atom. The van der Waals surface area contributed by atoms with Gasteiger partial charge in [-0.05, 0) is 43.7 Å². The Balaban J connectivity index is 1.54. The second-order valence-corrected chi connectivity index (χ2v) is 6.38. The number of hydrogen-bond donors (Lipinski definition) is 0. The van der Waals surface area contributed by atoms with E-state index in [4.69, 9.17) is 9.84 Å². The van der Waals surface area contributed by atoms with E-state index in [1.807, 2.05) is 0 Å². The fourth-order valence-corrected chi connectivity index (χ4v) is 3.14. The van der Waals surface area contributed by atoms with E-state index < -0.39 is 0 Å². The minimum Gasteiger partial charge on any atom is -0.493 e. The number of nitrogens with zero attached hydrogens (tertiary/aromatic N) is 2. The predicted octanol–water partition coefficient (Wildman–Crippen LogP) is 4.33. The zero-order valence-corrected chi connectivity index (χ0v) is 11.9. The van der Waals surface area contributed by atoms with Crippen molar-refractivity contribution in [2.75, 3.05) is 6.61 Å². The van der Waals surface area contributed by atoms with Gasteiger partial charge in [0.05, 0.1) is 18.2 Å². The summed E-state index contributed by atoms with van der Waals surface area (Å²) in [7, 11) is 0. The molecule has 0 radical (unpaired) electrons. The molecule has 2 aromatic rings. The normalized spacial score (nSPS) is 20.4. The fourth-order valence-electron chi connectivity index (χ4n) is 3.14. The summed E-state index contributed by atoms with van der Waals surface area (Å²) in [5.41, 5.74) is 1.07. The van der Waals surface area contributed by atoms with Gasteiger partial charge in [0.1, 0.15) is 5.75 Å². The van der Waals surface area contributed by atoms with Gasteiger partial charge >= 0.3 is 0 Å². The van der Waals surface area contributed by atoms with Crippen LogP contribution in [0.25, 0.3) is 10.9 Å². The third-order valence-corrected chi connectivity index (χ3v) is 4.63. The van der Waals surface area contributed by atoms with E-state index in [9.17, 15) is 0 Å². The van der Waals surface area contributed by atoms with E-state index in [1.165, 1.54) is 50.3 Å². The van der Waals surface area contributed by atoms with Crippen LogP contribution in [0, 0.1) is 5.92 Å². The van der Waals surface area contributed by atoms with E-state index in [1.54, 1.807) is 0 Å². The number of hydrogen-bond acceptors (Lipinski definition) is 2. The molecular weight excluding hydrogens is 248 g/mol. The van der Waals surface area contributed by atoms with Crippen LogP contribution >= 0.6 is 0 Å². The molecule has 4 rings (SSSR count). The molecule has 0 atom stereocenters. The van der Waals surface area contributed by atoms with Gasteiger partial charge in [-0.1, -0.05) is 19.3 Å². The van der Waals surface area contributed by atoms with Crippen molar-refractivity contribution in [3.8, 4) is 5.75 Å². The van der Waals surface area contributed by atoms with E-state index in [-0.39, 0.29) is 0 Å². The lowest BCUT2D eigenvalue weighted by Crippen LogP contribution is -2.12.